The summed E-state index contributed by atoms with van der Waals surface area (Å²) in [5.74, 6) is 0.336. The molecule has 0 aliphatic rings. The molecule has 163 valence electrons. The fourth-order valence-corrected chi connectivity index (χ4v) is 3.90. The Labute approximate surface area is 200 Å². The van der Waals surface area contributed by atoms with Crippen LogP contribution in [0.3, 0.4) is 0 Å². The van der Waals surface area contributed by atoms with Crippen molar-refractivity contribution < 1.29 is 30.5 Å². The Morgan fingerprint density at radius 2 is 1.20 bits per heavy atom. The third-order valence-electron chi connectivity index (χ3n) is 4.19. The number of aromatic nitrogens is 3. The van der Waals surface area contributed by atoms with Crippen LogP contribution < -0.4 is 0 Å². The molecule has 0 spiro atoms. The Morgan fingerprint density at radius 1 is 0.833 bits per heavy atom. The van der Waals surface area contributed by atoms with Gasteiger partial charge < -0.3 is 8.83 Å². The van der Waals surface area contributed by atoms with E-state index in [-0.39, 0.29) is 65.4 Å². The van der Waals surface area contributed by atoms with E-state index < -0.39 is 4.92 Å². The van der Waals surface area contributed by atoms with Crippen molar-refractivity contribution in [2.24, 2.45) is 0 Å². The van der Waals surface area contributed by atoms with Gasteiger partial charge in [0, 0.05) is 27.6 Å². The molecule has 0 aliphatic heterocycles. The summed E-state index contributed by atoms with van der Waals surface area (Å²) in [6.07, 6.45) is 3.06. The minimum atomic E-state index is -0.510. The number of pyridine rings is 1. The summed E-state index contributed by atoms with van der Waals surface area (Å²) < 4.78 is 11.5. The number of nitro groups is 1. The van der Waals surface area contributed by atoms with Gasteiger partial charge in [-0.05, 0) is 31.9 Å². The predicted octanol–water partition coefficient (Wildman–Crippen LogP) is 6.42. The van der Waals surface area contributed by atoms with Crippen molar-refractivity contribution in [3.63, 3.8) is 0 Å². The minimum Gasteiger partial charge on any atom is -0.443 e. The van der Waals surface area contributed by atoms with E-state index in [1.54, 1.807) is 0 Å². The molecule has 3 rings (SSSR count). The minimum absolute atomic E-state index is 0. The molecule has 0 fully saturated rings. The fraction of sp³-hybridized carbons (Fsp3) is 0.421. The molecule has 8 nitrogen and oxygen atoms in total. The molecule has 0 atom stereocenters. The van der Waals surface area contributed by atoms with Crippen molar-refractivity contribution in [1.29, 1.82) is 0 Å². The van der Waals surface area contributed by atoms with Crippen molar-refractivity contribution in [1.82, 2.24) is 15.0 Å². The zero-order chi connectivity index (χ0) is 21.7. The topological polar surface area (TPSA) is 108 Å². The van der Waals surface area contributed by atoms with Crippen molar-refractivity contribution in [2.45, 2.75) is 52.4 Å². The maximum atomic E-state index is 11.8. The second kappa shape index (κ2) is 8.52. The van der Waals surface area contributed by atoms with Crippen LogP contribution >= 0.6 is 31.9 Å². The van der Waals surface area contributed by atoms with Crippen molar-refractivity contribution >= 4 is 37.5 Å². The number of rotatable bonds is 3. The molecule has 0 bridgehead atoms. The molecular weight excluding hydrogens is 567 g/mol. The third-order valence-corrected chi connectivity index (χ3v) is 5.69. The molecule has 0 N–H and O–H groups in total. The van der Waals surface area contributed by atoms with Gasteiger partial charge in [0.25, 0.3) is 0 Å². The molecular formula is C19H20Br2CoN4O4. The summed E-state index contributed by atoms with van der Waals surface area (Å²) in [4.78, 5) is 24.7. The Hall–Kier alpha value is -1.56. The fourth-order valence-electron chi connectivity index (χ4n) is 2.43. The van der Waals surface area contributed by atoms with E-state index in [0.29, 0.717) is 11.4 Å². The maximum absolute atomic E-state index is 11.8. The summed E-state index contributed by atoms with van der Waals surface area (Å²) in [6, 6.07) is 0. The second-order valence-electron chi connectivity index (χ2n) is 8.62. The van der Waals surface area contributed by atoms with E-state index in [1.165, 1.54) is 12.5 Å². The van der Waals surface area contributed by atoms with Crippen LogP contribution in [-0.2, 0) is 27.6 Å². The molecule has 3 aromatic heterocycles. The van der Waals surface area contributed by atoms with Crippen LogP contribution in [-0.4, -0.2) is 19.9 Å². The van der Waals surface area contributed by atoms with Crippen LogP contribution in [0.1, 0.15) is 52.9 Å². The number of hydrogen-bond donors (Lipinski definition) is 0. The normalized spacial score (nSPS) is 12.0. The average Bonchev–Trinajstić information content (AvgIpc) is 3.23. The molecule has 0 aliphatic carbocycles. The summed E-state index contributed by atoms with van der Waals surface area (Å²) in [5.41, 5.74) is 1.10. The zero-order valence-corrected chi connectivity index (χ0v) is 21.4. The first kappa shape index (κ1) is 24.7. The van der Waals surface area contributed by atoms with Gasteiger partial charge in [0.2, 0.25) is 11.8 Å². The summed E-state index contributed by atoms with van der Waals surface area (Å²) in [7, 11) is 0. The molecule has 0 unspecified atom stereocenters. The van der Waals surface area contributed by atoms with E-state index in [9.17, 15) is 10.1 Å². The number of hydrogen-bond acceptors (Lipinski definition) is 7. The van der Waals surface area contributed by atoms with Crippen LogP contribution in [0.2, 0.25) is 0 Å². The van der Waals surface area contributed by atoms with Crippen molar-refractivity contribution in [3.8, 4) is 23.2 Å². The first-order chi connectivity index (χ1) is 13.3. The molecule has 0 amide bonds. The quantitative estimate of drug-likeness (QED) is 0.257. The summed E-state index contributed by atoms with van der Waals surface area (Å²) in [5, 5.41) is 11.8. The Bertz CT molecular complexity index is 1020. The van der Waals surface area contributed by atoms with Crippen molar-refractivity contribution in [2.75, 3.05) is 0 Å². The second-order valence-corrected chi connectivity index (χ2v) is 10.2. The van der Waals surface area contributed by atoms with Crippen LogP contribution in [0.4, 0.5) is 5.69 Å². The first-order valence-electron chi connectivity index (χ1n) is 8.77. The maximum Gasteiger partial charge on any atom is 0.302 e. The van der Waals surface area contributed by atoms with Gasteiger partial charge in [0.1, 0.15) is 32.9 Å². The van der Waals surface area contributed by atoms with Crippen LogP contribution in [0, 0.1) is 10.1 Å². The van der Waals surface area contributed by atoms with Gasteiger partial charge >= 0.3 is 5.69 Å². The van der Waals surface area contributed by atoms with Gasteiger partial charge in [-0.1, -0.05) is 41.5 Å². The van der Waals surface area contributed by atoms with E-state index in [4.69, 9.17) is 8.83 Å². The van der Waals surface area contributed by atoms with Gasteiger partial charge in [-0.15, -0.1) is 0 Å². The van der Waals surface area contributed by atoms with Crippen LogP contribution in [0.25, 0.3) is 23.2 Å². The standard InChI is InChI=1S/C19H20Br2N4O4.Co/c1-18(2,3)9-7-28-16(22-9)13-11(20)15(25(26)27)12(21)14(24-13)17-23-10(8-29-17)19(4,5)6;/h7-8H,1-6H3;. The predicted molar refractivity (Wildman–Crippen MR) is 115 cm³/mol. The first-order valence-corrected chi connectivity index (χ1v) is 10.4. The van der Waals surface area contributed by atoms with E-state index in [0.717, 1.165) is 0 Å². The van der Waals surface area contributed by atoms with E-state index >= 15 is 0 Å². The number of halogens is 2. The Balaban J connectivity index is 0.00000320. The zero-order valence-electron chi connectivity index (χ0n) is 17.2. The van der Waals surface area contributed by atoms with Gasteiger partial charge in [-0.25, -0.2) is 15.0 Å². The molecule has 0 saturated heterocycles. The van der Waals surface area contributed by atoms with Gasteiger partial charge in [0.15, 0.2) is 0 Å². The molecule has 11 heteroatoms. The van der Waals surface area contributed by atoms with Crippen molar-refractivity contribution in [3.05, 3.63) is 43.0 Å². The molecule has 30 heavy (non-hydrogen) atoms. The monoisotopic (exact) mass is 585 g/mol. The Kier molecular flexibility index (Phi) is 7.02. The molecule has 0 aromatic carbocycles. The van der Waals surface area contributed by atoms with Crippen LogP contribution in [0.15, 0.2) is 30.3 Å². The van der Waals surface area contributed by atoms with Gasteiger partial charge in [0.05, 0.1) is 16.3 Å². The summed E-state index contributed by atoms with van der Waals surface area (Å²) in [6.45, 7) is 12.0. The number of nitrogens with zero attached hydrogens (tertiary/aromatic N) is 4. The molecule has 3 aromatic rings. The largest absolute Gasteiger partial charge is 0.443 e. The van der Waals surface area contributed by atoms with Crippen LogP contribution in [0.5, 0.6) is 0 Å². The SMILES string of the molecule is CC(C)(C)c1coc(-c2nc(-c3nc(C(C)(C)C)co3)c(Br)c([N+](=O)[O-])c2Br)n1.[Co]. The summed E-state index contributed by atoms with van der Waals surface area (Å²) >= 11 is 6.58. The smallest absolute Gasteiger partial charge is 0.302 e. The van der Waals surface area contributed by atoms with Gasteiger partial charge in [-0.2, -0.15) is 0 Å². The number of oxazole rings is 2. The third kappa shape index (κ3) is 4.68. The van der Waals surface area contributed by atoms with Gasteiger partial charge in [-0.3, -0.25) is 10.1 Å². The molecule has 3 heterocycles. The molecule has 0 saturated carbocycles. The van der Waals surface area contributed by atoms with E-state index in [2.05, 4.69) is 46.8 Å². The molecule has 1 radical (unpaired) electrons. The Morgan fingerprint density at radius 3 is 1.47 bits per heavy atom. The van der Waals surface area contributed by atoms with E-state index in [1.807, 2.05) is 41.5 Å². The average molecular weight is 587 g/mol.